The lowest BCUT2D eigenvalue weighted by Crippen LogP contribution is -2.58. The van der Waals surface area contributed by atoms with Crippen LogP contribution in [0.15, 0.2) is 0 Å². The molecular weight excluding hydrogens is 416 g/mol. The summed E-state index contributed by atoms with van der Waals surface area (Å²) in [6.07, 6.45) is 3.23. The van der Waals surface area contributed by atoms with Gasteiger partial charge in [-0.15, -0.1) is 0 Å². The molecular formula is C18H32N4O5S2. The lowest BCUT2D eigenvalue weighted by Gasteiger charge is -2.28. The Balaban J connectivity index is 2.86. The van der Waals surface area contributed by atoms with Gasteiger partial charge in [-0.25, -0.2) is 4.79 Å². The van der Waals surface area contributed by atoms with Crippen molar-refractivity contribution in [2.24, 2.45) is 11.7 Å². The van der Waals surface area contributed by atoms with E-state index in [2.05, 4.69) is 23.3 Å². The van der Waals surface area contributed by atoms with Gasteiger partial charge in [0.2, 0.25) is 17.7 Å². The second kappa shape index (κ2) is 12.3. The van der Waals surface area contributed by atoms with Crippen molar-refractivity contribution < 1.29 is 24.3 Å². The van der Waals surface area contributed by atoms with Crippen LogP contribution < -0.4 is 16.4 Å². The molecule has 0 spiro atoms. The van der Waals surface area contributed by atoms with Crippen LogP contribution in [0.5, 0.6) is 0 Å². The Morgan fingerprint density at radius 1 is 1.21 bits per heavy atom. The summed E-state index contributed by atoms with van der Waals surface area (Å²) in [5.41, 5.74) is 5.82. The van der Waals surface area contributed by atoms with Gasteiger partial charge in [0.25, 0.3) is 0 Å². The fraction of sp³-hybridized carbons (Fsp3) is 0.778. The highest BCUT2D eigenvalue weighted by molar-refractivity contribution is 7.98. The number of aliphatic carboxylic acids is 1. The topological polar surface area (TPSA) is 142 Å². The molecule has 0 aromatic carbocycles. The second-order valence-corrected chi connectivity index (χ2v) is 8.73. The van der Waals surface area contributed by atoms with Crippen LogP contribution in [0.2, 0.25) is 0 Å². The Morgan fingerprint density at radius 3 is 2.34 bits per heavy atom. The minimum Gasteiger partial charge on any atom is -0.480 e. The first-order valence-corrected chi connectivity index (χ1v) is 11.7. The standard InChI is InChI=1S/C18H32N4O5S2/c1-10(2)14(19)16(24)21-12(9-28)15(23)20-11(6-8-29-3)17(25)22-7-4-5-13(22)18(26)27/h10-14,28H,4-9,19H2,1-3H3,(H,20,23)(H,21,24)(H,26,27). The molecule has 1 saturated heterocycles. The molecule has 5 N–H and O–H groups in total. The van der Waals surface area contributed by atoms with Crippen LogP contribution in [-0.2, 0) is 19.2 Å². The van der Waals surface area contributed by atoms with Gasteiger partial charge in [-0.1, -0.05) is 13.8 Å². The summed E-state index contributed by atoms with van der Waals surface area (Å²) >= 11 is 5.65. The molecule has 166 valence electrons. The Labute approximate surface area is 181 Å². The van der Waals surface area contributed by atoms with Gasteiger partial charge in [-0.05, 0) is 37.2 Å². The molecule has 1 aliphatic rings. The van der Waals surface area contributed by atoms with E-state index < -0.39 is 47.9 Å². The Morgan fingerprint density at radius 2 is 1.83 bits per heavy atom. The number of nitrogens with two attached hydrogens (primary N) is 1. The average Bonchev–Trinajstić information content (AvgIpc) is 3.17. The summed E-state index contributed by atoms with van der Waals surface area (Å²) in [5, 5.41) is 14.6. The van der Waals surface area contributed by atoms with Gasteiger partial charge < -0.3 is 26.4 Å². The van der Waals surface area contributed by atoms with Crippen LogP contribution >= 0.6 is 24.4 Å². The third kappa shape index (κ3) is 7.38. The Hall–Kier alpha value is -1.46. The number of carboxylic acid groups (broad SMARTS) is 1. The molecule has 0 radical (unpaired) electrons. The molecule has 1 heterocycles. The summed E-state index contributed by atoms with van der Waals surface area (Å²) < 4.78 is 0. The predicted octanol–water partition coefficient (Wildman–Crippen LogP) is -0.302. The molecule has 4 unspecified atom stereocenters. The zero-order valence-electron chi connectivity index (χ0n) is 17.1. The fourth-order valence-electron chi connectivity index (χ4n) is 3.02. The van der Waals surface area contributed by atoms with Crippen LogP contribution in [0.25, 0.3) is 0 Å². The van der Waals surface area contributed by atoms with Crippen molar-refractivity contribution >= 4 is 48.1 Å². The summed E-state index contributed by atoms with van der Waals surface area (Å²) in [6, 6.07) is -3.46. The summed E-state index contributed by atoms with van der Waals surface area (Å²) in [5.74, 6) is -1.93. The molecule has 11 heteroatoms. The number of carbonyl (C=O) groups is 4. The largest absolute Gasteiger partial charge is 0.480 e. The summed E-state index contributed by atoms with van der Waals surface area (Å²) in [7, 11) is 0. The Kier molecular flexibility index (Phi) is 10.8. The molecule has 1 fully saturated rings. The van der Waals surface area contributed by atoms with Gasteiger partial charge in [0, 0.05) is 12.3 Å². The highest BCUT2D eigenvalue weighted by Gasteiger charge is 2.38. The molecule has 3 amide bonds. The molecule has 4 atom stereocenters. The molecule has 9 nitrogen and oxygen atoms in total. The molecule has 1 rings (SSSR count). The van der Waals surface area contributed by atoms with E-state index in [1.54, 1.807) is 13.8 Å². The van der Waals surface area contributed by atoms with Gasteiger partial charge in [-0.2, -0.15) is 24.4 Å². The van der Waals surface area contributed by atoms with Gasteiger partial charge in [0.15, 0.2) is 0 Å². The van der Waals surface area contributed by atoms with Crippen molar-refractivity contribution in [3.05, 3.63) is 0 Å². The van der Waals surface area contributed by atoms with Crippen molar-refractivity contribution in [3.8, 4) is 0 Å². The van der Waals surface area contributed by atoms with Crippen LogP contribution in [0, 0.1) is 5.92 Å². The number of hydrogen-bond acceptors (Lipinski definition) is 7. The van der Waals surface area contributed by atoms with E-state index in [0.29, 0.717) is 31.6 Å². The van der Waals surface area contributed by atoms with Crippen LogP contribution in [0.3, 0.4) is 0 Å². The number of nitrogens with one attached hydrogen (secondary N) is 2. The zero-order valence-corrected chi connectivity index (χ0v) is 18.8. The van der Waals surface area contributed by atoms with E-state index in [0.717, 1.165) is 0 Å². The molecule has 0 aromatic heterocycles. The van der Waals surface area contributed by atoms with Crippen LogP contribution in [0.1, 0.15) is 33.1 Å². The van der Waals surface area contributed by atoms with E-state index in [1.807, 2.05) is 6.26 Å². The maximum Gasteiger partial charge on any atom is 0.326 e. The molecule has 0 bridgehead atoms. The van der Waals surface area contributed by atoms with Crippen molar-refractivity contribution in [2.75, 3.05) is 24.3 Å². The highest BCUT2D eigenvalue weighted by Crippen LogP contribution is 2.19. The predicted molar refractivity (Wildman–Crippen MR) is 116 cm³/mol. The smallest absolute Gasteiger partial charge is 0.326 e. The number of hydrogen-bond donors (Lipinski definition) is 5. The number of carboxylic acids is 1. The monoisotopic (exact) mass is 448 g/mol. The number of thioether (sulfide) groups is 1. The third-order valence-electron chi connectivity index (χ3n) is 4.88. The van der Waals surface area contributed by atoms with Gasteiger partial charge in [0.1, 0.15) is 18.1 Å². The van der Waals surface area contributed by atoms with Crippen molar-refractivity contribution in [3.63, 3.8) is 0 Å². The normalized spacial score (nSPS) is 19.5. The van der Waals surface area contributed by atoms with Gasteiger partial charge in [0.05, 0.1) is 6.04 Å². The highest BCUT2D eigenvalue weighted by atomic mass is 32.2. The van der Waals surface area contributed by atoms with Crippen molar-refractivity contribution in [1.82, 2.24) is 15.5 Å². The first-order valence-electron chi connectivity index (χ1n) is 9.63. The first-order chi connectivity index (χ1) is 13.6. The van der Waals surface area contributed by atoms with E-state index >= 15 is 0 Å². The molecule has 1 aliphatic heterocycles. The quantitative estimate of drug-likeness (QED) is 0.273. The SMILES string of the molecule is CSCCC(NC(=O)C(CS)NC(=O)C(N)C(C)C)C(=O)N1CCCC1C(=O)O. The second-order valence-electron chi connectivity index (χ2n) is 7.38. The van der Waals surface area contributed by atoms with Crippen LogP contribution in [-0.4, -0.2) is 82.2 Å². The lowest BCUT2D eigenvalue weighted by atomic mass is 10.0. The number of amides is 3. The number of nitrogens with zero attached hydrogens (tertiary/aromatic N) is 1. The molecule has 0 saturated carbocycles. The minimum atomic E-state index is -1.05. The maximum absolute atomic E-state index is 12.9. The number of thiol groups is 1. The van der Waals surface area contributed by atoms with E-state index in [1.165, 1.54) is 16.7 Å². The molecule has 0 aromatic rings. The third-order valence-corrected chi connectivity index (χ3v) is 5.89. The van der Waals surface area contributed by atoms with Crippen molar-refractivity contribution in [1.29, 1.82) is 0 Å². The van der Waals surface area contributed by atoms with Crippen LogP contribution in [0.4, 0.5) is 0 Å². The molecule has 0 aliphatic carbocycles. The van der Waals surface area contributed by atoms with Crippen molar-refractivity contribution in [2.45, 2.75) is 57.3 Å². The summed E-state index contributed by atoms with van der Waals surface area (Å²) in [6.45, 7) is 3.94. The number of rotatable bonds is 11. The first kappa shape index (κ1) is 25.6. The minimum absolute atomic E-state index is 0.0350. The number of carbonyl (C=O) groups excluding carboxylic acids is 3. The molecule has 29 heavy (non-hydrogen) atoms. The summed E-state index contributed by atoms with van der Waals surface area (Å²) in [4.78, 5) is 50.6. The average molecular weight is 449 g/mol. The van der Waals surface area contributed by atoms with E-state index in [-0.39, 0.29) is 11.7 Å². The van der Waals surface area contributed by atoms with Gasteiger partial charge >= 0.3 is 5.97 Å². The Bertz CT molecular complexity index is 605. The fourth-order valence-corrected chi connectivity index (χ4v) is 3.75. The van der Waals surface area contributed by atoms with Gasteiger partial charge in [-0.3, -0.25) is 14.4 Å². The number of likely N-dealkylation sites (tertiary alicyclic amines) is 1. The lowest BCUT2D eigenvalue weighted by molar-refractivity contribution is -0.149. The van der Waals surface area contributed by atoms with E-state index in [9.17, 15) is 24.3 Å². The zero-order chi connectivity index (χ0) is 22.1. The maximum atomic E-state index is 12.9. The van der Waals surface area contributed by atoms with E-state index in [4.69, 9.17) is 5.73 Å².